The number of amides is 6. The van der Waals surface area contributed by atoms with Gasteiger partial charge in [-0.15, -0.1) is 52.6 Å². The van der Waals surface area contributed by atoms with E-state index in [1.807, 2.05) is 0 Å². The number of rotatable bonds is 63. The van der Waals surface area contributed by atoms with E-state index >= 15 is 0 Å². The highest BCUT2D eigenvalue weighted by molar-refractivity contribution is 5.99. The van der Waals surface area contributed by atoms with Gasteiger partial charge in [-0.25, -0.2) is 0 Å². The quantitative estimate of drug-likeness (QED) is 0.0178. The average molecular weight is 1430 g/mol. The van der Waals surface area contributed by atoms with Crippen LogP contribution in [0.1, 0.15) is 196 Å². The lowest BCUT2D eigenvalue weighted by Crippen LogP contribution is -2.47. The van der Waals surface area contributed by atoms with E-state index in [4.69, 9.17) is 37.9 Å². The van der Waals surface area contributed by atoms with E-state index in [1.54, 1.807) is 121 Å². The number of nitrogens with one attached hydrogen (secondary N) is 6. The molecule has 0 fully saturated rings. The molecule has 104 heavy (non-hydrogen) atoms. The monoisotopic (exact) mass is 1430 g/mol. The molecule has 0 radical (unpaired) electrons. The zero-order valence-corrected chi connectivity index (χ0v) is 61.5. The van der Waals surface area contributed by atoms with Crippen molar-refractivity contribution in [2.24, 2.45) is 0 Å². The Bertz CT molecular complexity index is 2970. The topological polar surface area (TPSA) is 248 Å². The van der Waals surface area contributed by atoms with Gasteiger partial charge >= 0.3 is 0 Å². The highest BCUT2D eigenvalue weighted by Gasteiger charge is 2.25. The van der Waals surface area contributed by atoms with Crippen LogP contribution in [0.3, 0.4) is 0 Å². The van der Waals surface area contributed by atoms with Gasteiger partial charge in [0, 0.05) is 72.7 Å². The van der Waals surface area contributed by atoms with Crippen molar-refractivity contribution < 1.29 is 66.7 Å². The van der Waals surface area contributed by atoms with E-state index in [2.05, 4.69) is 84.5 Å². The third kappa shape index (κ3) is 37.3. The fourth-order valence-corrected chi connectivity index (χ4v) is 10.5. The maximum Gasteiger partial charge on any atom is 0.252 e. The van der Waals surface area contributed by atoms with Crippen LogP contribution in [0.4, 0.5) is 0 Å². The van der Waals surface area contributed by atoms with E-state index in [0.29, 0.717) is 226 Å². The maximum atomic E-state index is 14.0. The first-order chi connectivity index (χ1) is 50.8. The Morgan fingerprint density at radius 2 is 0.452 bits per heavy atom. The summed E-state index contributed by atoms with van der Waals surface area (Å²) in [4.78, 5) is 82.8. The summed E-state index contributed by atoms with van der Waals surface area (Å²) >= 11 is 0. The Kier molecular flexibility index (Phi) is 45.4. The molecule has 0 aromatic heterocycles. The van der Waals surface area contributed by atoms with Crippen LogP contribution >= 0.6 is 0 Å². The molecule has 0 aliphatic carbocycles. The molecule has 0 heterocycles. The summed E-state index contributed by atoms with van der Waals surface area (Å²) in [5, 5.41) is 18.1. The molecule has 4 aromatic carbocycles. The Morgan fingerprint density at radius 3 is 0.673 bits per heavy atom. The molecule has 0 saturated heterocycles. The van der Waals surface area contributed by atoms with Crippen molar-refractivity contribution in [1.29, 1.82) is 0 Å². The van der Waals surface area contributed by atoms with Crippen LogP contribution in [0.25, 0.3) is 0 Å². The van der Waals surface area contributed by atoms with Crippen molar-refractivity contribution in [1.82, 2.24) is 31.9 Å². The number of carbonyl (C=O) groups excluding carboxylic acids is 6. The van der Waals surface area contributed by atoms with Crippen molar-refractivity contribution in [2.45, 2.75) is 166 Å². The minimum atomic E-state index is -0.864. The average Bonchev–Trinajstić information content (AvgIpc) is 0.865. The molecular weight excluding hydrogens is 1320 g/mol. The molecule has 4 aromatic rings. The summed E-state index contributed by atoms with van der Waals surface area (Å²) in [6.07, 6.45) is 31.4. The van der Waals surface area contributed by atoms with Crippen molar-refractivity contribution in [2.75, 3.05) is 79.0 Å². The summed E-state index contributed by atoms with van der Waals surface area (Å²) in [7, 11) is 0. The second kappa shape index (κ2) is 54.7. The van der Waals surface area contributed by atoms with E-state index in [9.17, 15) is 28.8 Å². The van der Waals surface area contributed by atoms with Crippen molar-refractivity contribution in [3.63, 3.8) is 0 Å². The van der Waals surface area contributed by atoms with E-state index < -0.39 is 23.9 Å². The molecule has 0 aliphatic rings. The first-order valence-electron chi connectivity index (χ1n) is 37.0. The lowest BCUT2D eigenvalue weighted by molar-refractivity contribution is -0.123. The largest absolute Gasteiger partial charge is 0.493 e. The van der Waals surface area contributed by atoms with Gasteiger partial charge in [-0.1, -0.05) is 100.0 Å². The van der Waals surface area contributed by atoms with Crippen LogP contribution in [0, 0.1) is 0 Å². The highest BCUT2D eigenvalue weighted by atomic mass is 16.5. The molecule has 20 heteroatoms. The van der Waals surface area contributed by atoms with Gasteiger partial charge in [0.1, 0.15) is 58.1 Å². The molecule has 6 N–H and O–H groups in total. The highest BCUT2D eigenvalue weighted by Crippen LogP contribution is 2.28. The maximum absolute atomic E-state index is 14.0. The number of unbranched alkanes of at least 4 members (excludes halogenated alkanes) is 11. The predicted molar refractivity (Wildman–Crippen MR) is 415 cm³/mol. The fraction of sp³-hybridized carbons (Fsp3) is 0.452. The Labute approximate surface area is 618 Å². The third-order valence-electron chi connectivity index (χ3n) is 16.2. The predicted octanol–water partition coefficient (Wildman–Crippen LogP) is 15.6. The van der Waals surface area contributed by atoms with Gasteiger partial charge in [-0.3, -0.25) is 28.8 Å². The molecule has 0 spiro atoms. The van der Waals surface area contributed by atoms with Crippen LogP contribution in [0.5, 0.6) is 46.0 Å². The van der Waals surface area contributed by atoms with E-state index in [0.717, 1.165) is 64.2 Å². The van der Waals surface area contributed by atoms with Crippen LogP contribution in [-0.4, -0.2) is 127 Å². The van der Waals surface area contributed by atoms with Crippen LogP contribution in [0.2, 0.25) is 0 Å². The number of hydrogen-bond acceptors (Lipinski definition) is 14. The fourth-order valence-electron chi connectivity index (χ4n) is 10.5. The van der Waals surface area contributed by atoms with Crippen molar-refractivity contribution in [3.05, 3.63) is 196 Å². The van der Waals surface area contributed by atoms with Gasteiger partial charge in [-0.2, -0.15) is 0 Å². The van der Waals surface area contributed by atoms with Crippen molar-refractivity contribution in [3.8, 4) is 46.0 Å². The standard InChI is InChI=1S/C84H116N6O14/c1-9-17-45-97-69-53-65(54-70(61-69)98-46-18-10-2)79(91)85-43-37-33-39-77(89-81(93)67-57-73(101-49-21-13-5)63-74(58-67)102-50-22-14-6)83(95)87-41-35-31-29-27-25-26-28-30-32-36-42-88-84(96)78(90-82(94)68-59-75(103-51-23-15-7)64-76(60-68)104-52-24-16-8)40-34-38-44-86-80(92)66-55-71(99-47-19-11-3)62-72(56-66)100-48-20-12-4/h9-16,53-64,77-78H,1-8,17-52H2,(H,85,91)(H,86,92)(H,87,95)(H,88,96)(H,89,93)(H,90,94)/t77-,78-/m0/s1. The van der Waals surface area contributed by atoms with Crippen molar-refractivity contribution >= 4 is 35.4 Å². The summed E-state index contributed by atoms with van der Waals surface area (Å²) in [5.41, 5.74) is 1.33. The summed E-state index contributed by atoms with van der Waals surface area (Å²) in [5.74, 6) is 1.73. The lowest BCUT2D eigenvalue weighted by Gasteiger charge is -2.19. The molecule has 2 atom stereocenters. The molecule has 0 aliphatic heterocycles. The normalized spacial score (nSPS) is 11.2. The summed E-state index contributed by atoms with van der Waals surface area (Å²) in [6, 6.07) is 18.5. The summed E-state index contributed by atoms with van der Waals surface area (Å²) < 4.78 is 47.2. The Morgan fingerprint density at radius 1 is 0.260 bits per heavy atom. The molecule has 6 amide bonds. The second-order valence-electron chi connectivity index (χ2n) is 24.9. The smallest absolute Gasteiger partial charge is 0.252 e. The zero-order valence-electron chi connectivity index (χ0n) is 61.5. The number of benzene rings is 4. The molecule has 0 bridgehead atoms. The third-order valence-corrected chi connectivity index (χ3v) is 16.2. The molecule has 4 rings (SSSR count). The molecule has 566 valence electrons. The first kappa shape index (κ1) is 86.4. The lowest BCUT2D eigenvalue weighted by atomic mass is 10.1. The minimum absolute atomic E-state index is 0.281. The van der Waals surface area contributed by atoms with Gasteiger partial charge in [0.2, 0.25) is 11.8 Å². The number of ether oxygens (including phenoxy) is 8. The first-order valence-corrected chi connectivity index (χ1v) is 37.0. The Hall–Kier alpha value is -9.98. The molecule has 0 saturated carbocycles. The van der Waals surface area contributed by atoms with Crippen LogP contribution in [-0.2, 0) is 9.59 Å². The van der Waals surface area contributed by atoms with Gasteiger partial charge in [0.05, 0.1) is 52.9 Å². The molecule has 0 unspecified atom stereocenters. The minimum Gasteiger partial charge on any atom is -0.493 e. The van der Waals surface area contributed by atoms with E-state index in [1.165, 1.54) is 0 Å². The van der Waals surface area contributed by atoms with E-state index in [-0.39, 0.29) is 34.8 Å². The van der Waals surface area contributed by atoms with Gasteiger partial charge < -0.3 is 69.8 Å². The zero-order chi connectivity index (χ0) is 75.0. The molecular formula is C84H116N6O14. The van der Waals surface area contributed by atoms with Gasteiger partial charge in [0.25, 0.3) is 23.6 Å². The molecule has 20 nitrogen and oxygen atoms in total. The van der Waals surface area contributed by atoms with Gasteiger partial charge in [-0.05, 0) is 151 Å². The summed E-state index contributed by atoms with van der Waals surface area (Å²) in [6.45, 7) is 34.7. The SMILES string of the molecule is C=CCCOc1cc(OCCC=C)cc(C(=O)NCCCC[C@H](NC(=O)c2cc(OCCC=C)cc(OCCC=C)c2)C(=O)NCCCCCCCCCCCCNC(=O)[C@H](CCCCNC(=O)c2cc(OCCC=C)cc(OCCC=C)c2)NC(=O)c2cc(OCCC=C)cc(OCCC=C)c2)c1. The number of carbonyl (C=O) groups is 6. The van der Waals surface area contributed by atoms with Crippen LogP contribution < -0.4 is 69.8 Å². The second-order valence-corrected chi connectivity index (χ2v) is 24.9. The Balaban J connectivity index is 1.28. The number of hydrogen-bond donors (Lipinski definition) is 6. The van der Waals surface area contributed by atoms with Gasteiger partial charge in [0.15, 0.2) is 0 Å². The van der Waals surface area contributed by atoms with Crippen LogP contribution in [0.15, 0.2) is 174 Å².